The lowest BCUT2D eigenvalue weighted by Gasteiger charge is -2.16. The summed E-state index contributed by atoms with van der Waals surface area (Å²) in [5.41, 5.74) is 6.61. The van der Waals surface area contributed by atoms with Crippen molar-refractivity contribution < 1.29 is 14.4 Å². The number of nitrogens with zero attached hydrogens (tertiary/aromatic N) is 1. The fourth-order valence-corrected chi connectivity index (χ4v) is 1.94. The molecule has 1 aliphatic heterocycles. The van der Waals surface area contributed by atoms with Gasteiger partial charge in [-0.05, 0) is 12.1 Å². The summed E-state index contributed by atoms with van der Waals surface area (Å²) in [5.74, 6) is -1.14. The second-order valence-corrected chi connectivity index (χ2v) is 4.78. The average Bonchev–Trinajstić information content (AvgIpc) is 2.48. The standard InChI is InChI=1S/C13H16N4O3/c1-17(2)10(18)6-9-12(19)15-8-5-3-4-7(14)11(8)13(20)16-9/h3-5,9H,6,14H2,1-2H3,(H,15,19)(H,16,20)/t9-/m0/s1. The quantitative estimate of drug-likeness (QED) is 0.650. The molecule has 0 saturated heterocycles. The maximum absolute atomic E-state index is 12.1. The van der Waals surface area contributed by atoms with E-state index in [1.54, 1.807) is 32.3 Å². The van der Waals surface area contributed by atoms with Crippen molar-refractivity contribution in [3.05, 3.63) is 23.8 Å². The number of carbonyl (C=O) groups excluding carboxylic acids is 3. The number of hydrogen-bond acceptors (Lipinski definition) is 4. The van der Waals surface area contributed by atoms with E-state index in [9.17, 15) is 14.4 Å². The van der Waals surface area contributed by atoms with Crippen molar-refractivity contribution in [1.29, 1.82) is 0 Å². The normalized spacial score (nSPS) is 17.6. The largest absolute Gasteiger partial charge is 0.398 e. The fraction of sp³-hybridized carbons (Fsp3) is 0.308. The Morgan fingerprint density at radius 1 is 1.35 bits per heavy atom. The van der Waals surface area contributed by atoms with Gasteiger partial charge in [-0.1, -0.05) is 6.07 Å². The molecule has 7 nitrogen and oxygen atoms in total. The van der Waals surface area contributed by atoms with E-state index in [1.165, 1.54) is 4.90 Å². The molecule has 1 aromatic rings. The van der Waals surface area contributed by atoms with Crippen molar-refractivity contribution in [1.82, 2.24) is 10.2 Å². The summed E-state index contributed by atoms with van der Waals surface area (Å²) < 4.78 is 0. The van der Waals surface area contributed by atoms with Crippen LogP contribution in [0.15, 0.2) is 18.2 Å². The number of anilines is 2. The Balaban J connectivity index is 2.28. The Hall–Kier alpha value is -2.57. The van der Waals surface area contributed by atoms with E-state index in [1.807, 2.05) is 0 Å². The van der Waals surface area contributed by atoms with Crippen molar-refractivity contribution in [3.8, 4) is 0 Å². The molecule has 3 amide bonds. The molecule has 0 unspecified atom stereocenters. The van der Waals surface area contributed by atoms with Gasteiger partial charge in [0.25, 0.3) is 5.91 Å². The monoisotopic (exact) mass is 276 g/mol. The Bertz CT molecular complexity index is 583. The number of fused-ring (bicyclic) bond motifs is 1. The highest BCUT2D eigenvalue weighted by Crippen LogP contribution is 2.24. The van der Waals surface area contributed by atoms with Crippen molar-refractivity contribution in [3.63, 3.8) is 0 Å². The minimum Gasteiger partial charge on any atom is -0.398 e. The summed E-state index contributed by atoms with van der Waals surface area (Å²) in [5, 5.41) is 5.15. The minimum atomic E-state index is -0.913. The predicted molar refractivity (Wildman–Crippen MR) is 74.0 cm³/mol. The molecule has 20 heavy (non-hydrogen) atoms. The van der Waals surface area contributed by atoms with Crippen LogP contribution in [0.2, 0.25) is 0 Å². The lowest BCUT2D eigenvalue weighted by atomic mass is 10.1. The molecule has 0 aromatic heterocycles. The molecule has 4 N–H and O–H groups in total. The summed E-state index contributed by atoms with van der Waals surface area (Å²) in [4.78, 5) is 37.2. The van der Waals surface area contributed by atoms with Crippen LogP contribution >= 0.6 is 0 Å². The van der Waals surface area contributed by atoms with Gasteiger partial charge in [-0.3, -0.25) is 14.4 Å². The third kappa shape index (κ3) is 2.56. The maximum Gasteiger partial charge on any atom is 0.256 e. The number of hydrogen-bond donors (Lipinski definition) is 3. The minimum absolute atomic E-state index is 0.0987. The first-order valence-corrected chi connectivity index (χ1v) is 6.10. The lowest BCUT2D eigenvalue weighted by molar-refractivity contribution is -0.131. The van der Waals surface area contributed by atoms with Gasteiger partial charge in [-0.25, -0.2) is 0 Å². The second-order valence-electron chi connectivity index (χ2n) is 4.78. The molecule has 0 bridgehead atoms. The van der Waals surface area contributed by atoms with Gasteiger partial charge in [0, 0.05) is 19.8 Å². The first-order chi connectivity index (χ1) is 9.40. The number of benzene rings is 1. The molecule has 0 spiro atoms. The zero-order valence-corrected chi connectivity index (χ0v) is 11.3. The first-order valence-electron chi connectivity index (χ1n) is 6.10. The first kappa shape index (κ1) is 13.9. The van der Waals surface area contributed by atoms with Gasteiger partial charge in [0.05, 0.1) is 17.7 Å². The molecular weight excluding hydrogens is 260 g/mol. The second kappa shape index (κ2) is 5.20. The highest BCUT2D eigenvalue weighted by molar-refractivity contribution is 6.13. The van der Waals surface area contributed by atoms with Crippen molar-refractivity contribution >= 4 is 29.1 Å². The molecule has 106 valence electrons. The number of amides is 3. The average molecular weight is 276 g/mol. The van der Waals surface area contributed by atoms with E-state index in [-0.39, 0.29) is 23.6 Å². The molecule has 0 radical (unpaired) electrons. The zero-order valence-electron chi connectivity index (χ0n) is 11.3. The van der Waals surface area contributed by atoms with Gasteiger partial charge in [0.15, 0.2) is 0 Å². The van der Waals surface area contributed by atoms with E-state index >= 15 is 0 Å². The van der Waals surface area contributed by atoms with Crippen LogP contribution in [0, 0.1) is 0 Å². The van der Waals surface area contributed by atoms with E-state index in [0.29, 0.717) is 5.69 Å². The van der Waals surface area contributed by atoms with E-state index in [0.717, 1.165) is 0 Å². The Morgan fingerprint density at radius 3 is 2.70 bits per heavy atom. The van der Waals surface area contributed by atoms with Crippen molar-refractivity contribution in [2.45, 2.75) is 12.5 Å². The third-order valence-electron chi connectivity index (χ3n) is 3.08. The van der Waals surface area contributed by atoms with Gasteiger partial charge >= 0.3 is 0 Å². The summed E-state index contributed by atoms with van der Waals surface area (Å²) in [7, 11) is 3.18. The molecule has 0 fully saturated rings. The van der Waals surface area contributed by atoms with Crippen LogP contribution in [0.4, 0.5) is 11.4 Å². The van der Waals surface area contributed by atoms with Crippen LogP contribution in [0.1, 0.15) is 16.8 Å². The smallest absolute Gasteiger partial charge is 0.256 e. The van der Waals surface area contributed by atoms with Crippen LogP contribution in [0.25, 0.3) is 0 Å². The number of nitrogens with one attached hydrogen (secondary N) is 2. The molecule has 0 aliphatic carbocycles. The van der Waals surface area contributed by atoms with Crippen LogP contribution < -0.4 is 16.4 Å². The summed E-state index contributed by atoms with van der Waals surface area (Å²) in [6.45, 7) is 0. The molecule has 1 aliphatic rings. The van der Waals surface area contributed by atoms with Gasteiger partial charge in [-0.15, -0.1) is 0 Å². The lowest BCUT2D eigenvalue weighted by Crippen LogP contribution is -2.44. The van der Waals surface area contributed by atoms with Crippen LogP contribution in [-0.4, -0.2) is 42.8 Å². The van der Waals surface area contributed by atoms with E-state index in [2.05, 4.69) is 10.6 Å². The van der Waals surface area contributed by atoms with Crippen LogP contribution in [0.3, 0.4) is 0 Å². The van der Waals surface area contributed by atoms with Gasteiger partial charge in [0.2, 0.25) is 11.8 Å². The Kier molecular flexibility index (Phi) is 3.60. The maximum atomic E-state index is 12.1. The number of nitrogens with two attached hydrogens (primary N) is 1. The highest BCUT2D eigenvalue weighted by Gasteiger charge is 2.30. The van der Waals surface area contributed by atoms with Gasteiger partial charge in [-0.2, -0.15) is 0 Å². The summed E-state index contributed by atoms with van der Waals surface area (Å²) in [6.07, 6.45) is -0.0987. The van der Waals surface area contributed by atoms with Crippen LogP contribution in [0.5, 0.6) is 0 Å². The summed E-state index contributed by atoms with van der Waals surface area (Å²) >= 11 is 0. The zero-order chi connectivity index (χ0) is 14.9. The Morgan fingerprint density at radius 2 is 2.05 bits per heavy atom. The van der Waals surface area contributed by atoms with E-state index < -0.39 is 17.9 Å². The van der Waals surface area contributed by atoms with E-state index in [4.69, 9.17) is 5.73 Å². The number of nitrogen functional groups attached to an aromatic ring is 1. The summed E-state index contributed by atoms with van der Waals surface area (Å²) in [6, 6.07) is 3.91. The predicted octanol–water partition coefficient (Wildman–Crippen LogP) is -0.202. The third-order valence-corrected chi connectivity index (χ3v) is 3.08. The molecular formula is C13H16N4O3. The molecule has 1 aromatic carbocycles. The van der Waals surface area contributed by atoms with Crippen molar-refractivity contribution in [2.24, 2.45) is 0 Å². The highest BCUT2D eigenvalue weighted by atomic mass is 16.2. The van der Waals surface area contributed by atoms with Crippen molar-refractivity contribution in [2.75, 3.05) is 25.1 Å². The molecule has 7 heteroatoms. The SMILES string of the molecule is CN(C)C(=O)C[C@@H]1NC(=O)c2c(N)cccc2NC1=O. The molecule has 1 heterocycles. The van der Waals surface area contributed by atoms with Gasteiger partial charge in [0.1, 0.15) is 6.04 Å². The topological polar surface area (TPSA) is 105 Å². The molecule has 0 saturated carbocycles. The van der Waals surface area contributed by atoms with Crippen LogP contribution in [-0.2, 0) is 9.59 Å². The van der Waals surface area contributed by atoms with Gasteiger partial charge < -0.3 is 21.3 Å². The fourth-order valence-electron chi connectivity index (χ4n) is 1.94. The Labute approximate surface area is 116 Å². The number of carbonyl (C=O) groups is 3. The molecule has 2 rings (SSSR count). The number of rotatable bonds is 2. The molecule has 1 atom stereocenters.